The Morgan fingerprint density at radius 2 is 1.70 bits per heavy atom. The third kappa shape index (κ3) is 8.67. The topological polar surface area (TPSA) is 187 Å². The largest absolute Gasteiger partial charge is 1.00 e. The molecule has 222 valence electrons. The van der Waals surface area contributed by atoms with Gasteiger partial charge in [0.2, 0.25) is 0 Å². The number of aromatic nitrogens is 3. The number of benzene rings is 2. The van der Waals surface area contributed by atoms with E-state index in [9.17, 15) is 45.9 Å². The molecule has 0 bridgehead atoms. The van der Waals surface area contributed by atoms with Crippen LogP contribution in [0.2, 0.25) is 0 Å². The number of fused-ring (bicyclic) bond motifs is 1. The van der Waals surface area contributed by atoms with Crippen molar-refractivity contribution in [3.8, 4) is 11.5 Å². The van der Waals surface area contributed by atoms with Crippen molar-refractivity contribution < 1.29 is 115 Å². The van der Waals surface area contributed by atoms with Crippen LogP contribution in [0.4, 0.5) is 13.2 Å². The third-order valence-corrected chi connectivity index (χ3v) is 8.70. The van der Waals surface area contributed by atoms with Gasteiger partial charge in [-0.2, -0.15) is 22.1 Å². The van der Waals surface area contributed by atoms with Crippen molar-refractivity contribution in [1.82, 2.24) is 13.9 Å². The van der Waals surface area contributed by atoms with Gasteiger partial charge in [-0.1, -0.05) is 12.1 Å². The van der Waals surface area contributed by atoms with Gasteiger partial charge < -0.3 is 33.8 Å². The fourth-order valence-corrected chi connectivity index (χ4v) is 6.84. The van der Waals surface area contributed by atoms with E-state index >= 15 is 0 Å². The van der Waals surface area contributed by atoms with Gasteiger partial charge in [-0.05, 0) is 43.3 Å². The molecule has 0 aliphatic rings. The van der Waals surface area contributed by atoms with E-state index in [0.717, 1.165) is 18.3 Å². The summed E-state index contributed by atoms with van der Waals surface area (Å²) in [4.78, 5) is 30.0. The zero-order valence-electron chi connectivity index (χ0n) is 23.3. The average molecular weight is 672 g/mol. The van der Waals surface area contributed by atoms with Gasteiger partial charge in [0.25, 0.3) is 10.0 Å². The number of alkyl halides is 3. The number of imidazole rings is 1. The first kappa shape index (κ1) is 37.8. The first-order valence-corrected chi connectivity index (χ1v) is 14.4. The molecule has 0 aliphatic carbocycles. The Labute approximate surface area is 295 Å². The monoisotopic (exact) mass is 671 g/mol. The zero-order chi connectivity index (χ0) is 30.8. The second-order valence-electron chi connectivity index (χ2n) is 8.53. The van der Waals surface area contributed by atoms with Gasteiger partial charge in [0.05, 0.1) is 33.6 Å². The number of carbonyl (C=O) groups is 2. The fraction of sp³-hybridized carbons (Fsp3) is 0.200. The molecule has 1 unspecified atom stereocenters. The summed E-state index contributed by atoms with van der Waals surface area (Å²) in [5, 5.41) is 21.9. The van der Waals surface area contributed by atoms with Gasteiger partial charge in [0.1, 0.15) is 18.1 Å². The number of carbonyl (C=O) groups excluding carboxylic acids is 2. The molecule has 0 aliphatic heterocycles. The number of pyridine rings is 1. The summed E-state index contributed by atoms with van der Waals surface area (Å²) in [6.07, 6.45) is -3.46. The third-order valence-electron chi connectivity index (χ3n) is 5.67. The van der Waals surface area contributed by atoms with Crippen LogP contribution in [0.5, 0.6) is 11.5 Å². The number of carboxylic acid groups (broad SMARTS) is 2. The first-order valence-electron chi connectivity index (χ1n) is 11.6. The summed E-state index contributed by atoms with van der Waals surface area (Å²) in [7, 11) is -4.72. The van der Waals surface area contributed by atoms with Crippen LogP contribution >= 0.6 is 0 Å². The van der Waals surface area contributed by atoms with E-state index in [1.54, 1.807) is 6.07 Å². The molecule has 0 fully saturated rings. The molecular formula is C25H18F3N3Na2O9S2. The van der Waals surface area contributed by atoms with E-state index in [1.807, 2.05) is 0 Å². The number of aliphatic carboxylic acids is 1. The van der Waals surface area contributed by atoms with Crippen molar-refractivity contribution in [3.63, 3.8) is 0 Å². The molecule has 2 aromatic carbocycles. The Morgan fingerprint density at radius 3 is 2.34 bits per heavy atom. The van der Waals surface area contributed by atoms with Gasteiger partial charge in [-0.15, -0.1) is 0 Å². The van der Waals surface area contributed by atoms with Crippen molar-refractivity contribution >= 4 is 44.2 Å². The standard InChI is InChI=1S/C25H20F3N3O9S2.2Na/c1-14-18(29-9-8-20(14)40-13-25(26,27)28)12-41(36)24-30-17-4-2-3-5-19(17)31(24)42(37,38)15-6-7-21(39-11-22(32)33)16(10-15)23(34)35;;/h2-10H,11-13H2,1H3,(H,32,33)(H,34,35);;/q;2*+1/p-2. The first-order chi connectivity index (χ1) is 19.7. The minimum absolute atomic E-state index is 0. The van der Waals surface area contributed by atoms with Crippen LogP contribution in [0.25, 0.3) is 11.0 Å². The zero-order valence-corrected chi connectivity index (χ0v) is 28.9. The van der Waals surface area contributed by atoms with Crippen LogP contribution in [0, 0.1) is 6.92 Å². The molecule has 12 nitrogen and oxygen atoms in total. The molecule has 2 aromatic heterocycles. The molecule has 0 radical (unpaired) electrons. The number of carboxylic acids is 2. The molecule has 0 saturated heterocycles. The SMILES string of the molecule is Cc1c(OCC(F)(F)F)ccnc1C[S+]([O-])c1nc2ccccc2n1S(=O)(=O)c1ccc(OCC(=O)[O-])c(C(=O)[O-])c1.[Na+].[Na+]. The molecule has 4 rings (SSSR count). The van der Waals surface area contributed by atoms with E-state index in [-0.39, 0.29) is 87.2 Å². The van der Waals surface area contributed by atoms with Gasteiger partial charge >= 0.3 is 70.4 Å². The number of para-hydroxylation sites is 2. The van der Waals surface area contributed by atoms with Gasteiger partial charge in [-0.25, -0.2) is 8.42 Å². The molecule has 4 aromatic rings. The van der Waals surface area contributed by atoms with Crippen molar-refractivity contribution in [3.05, 3.63) is 71.5 Å². The van der Waals surface area contributed by atoms with Gasteiger partial charge in [0, 0.05) is 28.5 Å². The van der Waals surface area contributed by atoms with Gasteiger partial charge in [0.15, 0.2) is 12.4 Å². The Bertz CT molecular complexity index is 1790. The van der Waals surface area contributed by atoms with Crippen LogP contribution in [-0.2, 0) is 31.7 Å². The quantitative estimate of drug-likeness (QED) is 0.110. The summed E-state index contributed by atoms with van der Waals surface area (Å²) in [6.45, 7) is -1.19. The Hall–Kier alpha value is -2.35. The van der Waals surface area contributed by atoms with E-state index < -0.39 is 79.6 Å². The molecule has 0 N–H and O–H groups in total. The summed E-state index contributed by atoms with van der Waals surface area (Å²) >= 11 is -2.26. The van der Waals surface area contributed by atoms with Crippen molar-refractivity contribution in [2.45, 2.75) is 28.9 Å². The Balaban J connectivity index is 0.00000337. The number of ether oxygens (including phenoxy) is 2. The van der Waals surface area contributed by atoms with Crippen LogP contribution in [-0.4, -0.2) is 58.2 Å². The number of nitrogens with zero attached hydrogens (tertiary/aromatic N) is 3. The van der Waals surface area contributed by atoms with E-state index in [0.29, 0.717) is 10.0 Å². The minimum Gasteiger partial charge on any atom is -0.609 e. The molecule has 0 saturated carbocycles. The predicted molar refractivity (Wildman–Crippen MR) is 134 cm³/mol. The molecule has 19 heteroatoms. The van der Waals surface area contributed by atoms with E-state index in [4.69, 9.17) is 9.47 Å². The summed E-state index contributed by atoms with van der Waals surface area (Å²) in [6, 6.07) is 9.58. The Morgan fingerprint density at radius 1 is 1.02 bits per heavy atom. The smallest absolute Gasteiger partial charge is 0.609 e. The molecule has 1 atom stereocenters. The van der Waals surface area contributed by atoms with Crippen molar-refractivity contribution in [2.24, 2.45) is 0 Å². The van der Waals surface area contributed by atoms with Gasteiger partial charge in [-0.3, -0.25) is 4.98 Å². The second-order valence-corrected chi connectivity index (χ2v) is 11.7. The van der Waals surface area contributed by atoms with Crippen LogP contribution < -0.4 is 78.8 Å². The summed E-state index contributed by atoms with van der Waals surface area (Å²) in [5.41, 5.74) is -0.477. The number of halogens is 3. The summed E-state index contributed by atoms with van der Waals surface area (Å²) in [5.74, 6) is -4.64. The molecule has 0 spiro atoms. The maximum Gasteiger partial charge on any atom is 1.00 e. The maximum atomic E-state index is 13.8. The van der Waals surface area contributed by atoms with Crippen molar-refractivity contribution in [2.75, 3.05) is 13.2 Å². The molecule has 2 heterocycles. The van der Waals surface area contributed by atoms with E-state index in [2.05, 4.69) is 9.97 Å². The second kappa shape index (κ2) is 15.3. The number of hydrogen-bond acceptors (Lipinski definition) is 11. The minimum atomic E-state index is -4.72. The molecule has 44 heavy (non-hydrogen) atoms. The normalized spacial score (nSPS) is 12.1. The van der Waals surface area contributed by atoms with Crippen LogP contribution in [0.3, 0.4) is 0 Å². The number of rotatable bonds is 11. The predicted octanol–water partition coefficient (Wildman–Crippen LogP) is -5.27. The van der Waals surface area contributed by atoms with Crippen molar-refractivity contribution in [1.29, 1.82) is 0 Å². The molecule has 0 amide bonds. The van der Waals surface area contributed by atoms with Crippen LogP contribution in [0.1, 0.15) is 21.6 Å². The number of aromatic carboxylic acids is 1. The average Bonchev–Trinajstić information content (AvgIpc) is 3.32. The maximum absolute atomic E-state index is 13.8. The fourth-order valence-electron chi connectivity index (χ4n) is 3.76. The Kier molecular flexibility index (Phi) is 13.1. The molecular weight excluding hydrogens is 653 g/mol. The summed E-state index contributed by atoms with van der Waals surface area (Å²) < 4.78 is 89.4. The van der Waals surface area contributed by atoms with E-state index in [1.165, 1.54) is 31.2 Å². The number of hydrogen-bond donors (Lipinski definition) is 0. The van der Waals surface area contributed by atoms with Crippen LogP contribution in [0.15, 0.2) is 64.8 Å².